The van der Waals surface area contributed by atoms with E-state index in [4.69, 9.17) is 0 Å². The number of hydrogen-bond donors (Lipinski definition) is 0. The van der Waals surface area contributed by atoms with Crippen molar-refractivity contribution in [2.45, 2.75) is 6.54 Å². The molecule has 0 spiro atoms. The molecule has 1 aliphatic rings. The maximum absolute atomic E-state index is 11.3. The van der Waals surface area contributed by atoms with Crippen LogP contribution < -0.4 is 4.90 Å². The lowest BCUT2D eigenvalue weighted by atomic mass is 10.1. The summed E-state index contributed by atoms with van der Waals surface area (Å²) in [5.74, 6) is 1.06. The fraction of sp³-hybridized carbons (Fsp3) is 0.333. The van der Waals surface area contributed by atoms with Crippen LogP contribution >= 0.6 is 0 Å². The summed E-state index contributed by atoms with van der Waals surface area (Å²) in [7, 11) is 2.01. The lowest BCUT2D eigenvalue weighted by Gasteiger charge is -2.36. The molecule has 134 valence electrons. The fourth-order valence-electron chi connectivity index (χ4n) is 3.45. The second-order valence-electron chi connectivity index (χ2n) is 6.48. The Morgan fingerprint density at radius 3 is 2.62 bits per heavy atom. The molecule has 3 aromatic rings. The van der Waals surface area contributed by atoms with Crippen molar-refractivity contribution in [3.8, 4) is 0 Å². The largest absolute Gasteiger partial charge is 0.367 e. The van der Waals surface area contributed by atoms with E-state index in [0.717, 1.165) is 44.2 Å². The Morgan fingerprint density at radius 2 is 1.92 bits per heavy atom. The first kappa shape index (κ1) is 16.5. The number of pyridine rings is 1. The number of nitro benzene ring substituents is 1. The zero-order valence-electron chi connectivity index (χ0n) is 14.6. The van der Waals surface area contributed by atoms with Gasteiger partial charge in [0, 0.05) is 57.9 Å². The summed E-state index contributed by atoms with van der Waals surface area (Å²) >= 11 is 0. The van der Waals surface area contributed by atoms with Crippen LogP contribution in [0.3, 0.4) is 0 Å². The number of fused-ring (bicyclic) bond motifs is 1. The van der Waals surface area contributed by atoms with Gasteiger partial charge in [-0.2, -0.15) is 0 Å². The number of non-ortho nitro benzene ring substituents is 1. The molecule has 4 rings (SSSR count). The third kappa shape index (κ3) is 2.99. The minimum absolute atomic E-state index is 0.102. The monoisotopic (exact) mass is 352 g/mol. The number of piperazine rings is 1. The smallest absolute Gasteiger partial charge is 0.278 e. The van der Waals surface area contributed by atoms with Crippen LogP contribution in [-0.2, 0) is 13.6 Å². The van der Waals surface area contributed by atoms with Crippen molar-refractivity contribution >= 4 is 22.3 Å². The van der Waals surface area contributed by atoms with Gasteiger partial charge < -0.3 is 9.47 Å². The molecule has 0 amide bonds. The van der Waals surface area contributed by atoms with Gasteiger partial charge in [-0.15, -0.1) is 0 Å². The van der Waals surface area contributed by atoms with E-state index >= 15 is 0 Å². The third-order valence-electron chi connectivity index (χ3n) is 4.92. The normalized spacial score (nSPS) is 15.5. The van der Waals surface area contributed by atoms with Gasteiger partial charge in [0.05, 0.1) is 22.5 Å². The van der Waals surface area contributed by atoms with E-state index in [0.29, 0.717) is 10.9 Å². The molecule has 26 heavy (non-hydrogen) atoms. The number of nitro groups is 1. The van der Waals surface area contributed by atoms with Crippen molar-refractivity contribution in [1.82, 2.24) is 19.4 Å². The lowest BCUT2D eigenvalue weighted by molar-refractivity contribution is -0.383. The summed E-state index contributed by atoms with van der Waals surface area (Å²) in [5.41, 5.74) is 1.76. The minimum atomic E-state index is -0.349. The molecule has 0 aliphatic carbocycles. The van der Waals surface area contributed by atoms with Crippen molar-refractivity contribution in [2.24, 2.45) is 7.05 Å². The molecular formula is C18H20N6O2. The zero-order valence-corrected chi connectivity index (χ0v) is 14.6. The van der Waals surface area contributed by atoms with E-state index in [1.54, 1.807) is 24.4 Å². The van der Waals surface area contributed by atoms with Crippen LogP contribution in [0, 0.1) is 10.1 Å². The van der Waals surface area contributed by atoms with E-state index in [9.17, 15) is 10.1 Å². The van der Waals surface area contributed by atoms with Crippen LogP contribution in [-0.4, -0.2) is 50.5 Å². The Bertz CT molecular complexity index is 946. The van der Waals surface area contributed by atoms with Crippen LogP contribution in [0.5, 0.6) is 0 Å². The number of benzene rings is 1. The van der Waals surface area contributed by atoms with E-state index in [-0.39, 0.29) is 10.6 Å². The average molecular weight is 352 g/mol. The summed E-state index contributed by atoms with van der Waals surface area (Å²) in [4.78, 5) is 24.4. The van der Waals surface area contributed by atoms with Crippen molar-refractivity contribution in [2.75, 3.05) is 31.1 Å². The lowest BCUT2D eigenvalue weighted by Crippen LogP contribution is -2.46. The quantitative estimate of drug-likeness (QED) is 0.529. The van der Waals surface area contributed by atoms with Crippen molar-refractivity contribution < 1.29 is 4.92 Å². The predicted molar refractivity (Wildman–Crippen MR) is 99.1 cm³/mol. The summed E-state index contributed by atoms with van der Waals surface area (Å²) in [6, 6.07) is 6.91. The number of aromatic nitrogens is 3. The summed E-state index contributed by atoms with van der Waals surface area (Å²) in [6.45, 7) is 4.37. The Labute approximate surface area is 150 Å². The zero-order chi connectivity index (χ0) is 18.1. The van der Waals surface area contributed by atoms with Crippen LogP contribution in [0.2, 0.25) is 0 Å². The van der Waals surface area contributed by atoms with Crippen LogP contribution in [0.4, 0.5) is 11.4 Å². The molecule has 0 bridgehead atoms. The van der Waals surface area contributed by atoms with Gasteiger partial charge in [0.2, 0.25) is 0 Å². The second kappa shape index (κ2) is 6.72. The van der Waals surface area contributed by atoms with Gasteiger partial charge >= 0.3 is 0 Å². The molecule has 0 atom stereocenters. The van der Waals surface area contributed by atoms with Crippen LogP contribution in [0.15, 0.2) is 42.9 Å². The van der Waals surface area contributed by atoms with Gasteiger partial charge in [-0.3, -0.25) is 20.0 Å². The highest BCUT2D eigenvalue weighted by atomic mass is 16.6. The summed E-state index contributed by atoms with van der Waals surface area (Å²) < 4.78 is 2.04. The topological polar surface area (TPSA) is 80.3 Å². The van der Waals surface area contributed by atoms with Gasteiger partial charge in [-0.05, 0) is 18.2 Å². The van der Waals surface area contributed by atoms with Crippen molar-refractivity contribution in [3.63, 3.8) is 0 Å². The molecule has 1 saturated heterocycles. The number of rotatable bonds is 4. The first-order chi connectivity index (χ1) is 12.6. The first-order valence-electron chi connectivity index (χ1n) is 8.59. The Hall–Kier alpha value is -3.00. The van der Waals surface area contributed by atoms with Gasteiger partial charge in [0.1, 0.15) is 11.3 Å². The Kier molecular flexibility index (Phi) is 4.26. The van der Waals surface area contributed by atoms with Gasteiger partial charge in [0.15, 0.2) is 0 Å². The predicted octanol–water partition coefficient (Wildman–Crippen LogP) is 2.20. The summed E-state index contributed by atoms with van der Waals surface area (Å²) in [6.07, 6.45) is 5.47. The molecule has 0 saturated carbocycles. The highest BCUT2D eigenvalue weighted by Crippen LogP contribution is 2.32. The molecule has 8 heteroatoms. The van der Waals surface area contributed by atoms with Gasteiger partial charge in [0.25, 0.3) is 5.69 Å². The van der Waals surface area contributed by atoms with Crippen LogP contribution in [0.1, 0.15) is 5.82 Å². The Morgan fingerprint density at radius 1 is 1.12 bits per heavy atom. The van der Waals surface area contributed by atoms with E-state index in [1.807, 2.05) is 30.1 Å². The van der Waals surface area contributed by atoms with E-state index in [1.165, 1.54) is 0 Å². The number of nitrogens with zero attached hydrogens (tertiary/aromatic N) is 6. The number of imidazole rings is 1. The molecule has 3 heterocycles. The molecule has 1 aromatic carbocycles. The minimum Gasteiger partial charge on any atom is -0.367 e. The second-order valence-corrected chi connectivity index (χ2v) is 6.48. The molecule has 0 unspecified atom stereocenters. The number of hydrogen-bond acceptors (Lipinski definition) is 6. The van der Waals surface area contributed by atoms with Gasteiger partial charge in [-0.1, -0.05) is 0 Å². The molecule has 2 aromatic heterocycles. The average Bonchev–Trinajstić information content (AvgIpc) is 3.06. The maximum atomic E-state index is 11.3. The SMILES string of the molecule is Cn1ccnc1CN1CCN(c2ccc([N+](=O)[O-])c3cccnc23)CC1. The fourth-order valence-corrected chi connectivity index (χ4v) is 3.45. The number of anilines is 1. The van der Waals surface area contributed by atoms with Crippen LogP contribution in [0.25, 0.3) is 10.9 Å². The standard InChI is InChI=1S/C18H20N6O2/c1-21-8-7-19-17(21)13-22-9-11-23(12-10-22)16-5-4-15(24(25)26)14-3-2-6-20-18(14)16/h2-8H,9-13H2,1H3. The summed E-state index contributed by atoms with van der Waals surface area (Å²) in [5, 5.41) is 11.9. The first-order valence-corrected chi connectivity index (χ1v) is 8.59. The molecular weight excluding hydrogens is 332 g/mol. The molecule has 8 nitrogen and oxygen atoms in total. The maximum Gasteiger partial charge on any atom is 0.278 e. The van der Waals surface area contributed by atoms with Gasteiger partial charge in [-0.25, -0.2) is 4.98 Å². The van der Waals surface area contributed by atoms with E-state index in [2.05, 4.69) is 19.8 Å². The van der Waals surface area contributed by atoms with Crippen molar-refractivity contribution in [1.29, 1.82) is 0 Å². The molecule has 1 aliphatic heterocycles. The number of aryl methyl sites for hydroxylation is 1. The van der Waals surface area contributed by atoms with E-state index < -0.39 is 0 Å². The van der Waals surface area contributed by atoms with Crippen molar-refractivity contribution in [3.05, 3.63) is 58.8 Å². The highest BCUT2D eigenvalue weighted by molar-refractivity contribution is 5.97. The third-order valence-corrected chi connectivity index (χ3v) is 4.92. The Balaban J connectivity index is 1.54. The molecule has 1 fully saturated rings. The highest BCUT2D eigenvalue weighted by Gasteiger charge is 2.22. The molecule has 0 radical (unpaired) electrons. The molecule has 0 N–H and O–H groups in total.